The lowest BCUT2D eigenvalue weighted by atomic mass is 9.85. The molecule has 47 heavy (non-hydrogen) atoms. The molecule has 1 aromatic heterocycles. The van der Waals surface area contributed by atoms with Gasteiger partial charge in [-0.05, 0) is 103 Å². The Morgan fingerprint density at radius 3 is 2.43 bits per heavy atom. The monoisotopic (exact) mass is 661 g/mol. The molecule has 10 nitrogen and oxygen atoms in total. The highest BCUT2D eigenvalue weighted by Crippen LogP contribution is 2.37. The van der Waals surface area contributed by atoms with Gasteiger partial charge in [-0.25, -0.2) is 23.2 Å². The van der Waals surface area contributed by atoms with Crippen LogP contribution in [0.4, 0.5) is 16.3 Å². The van der Waals surface area contributed by atoms with E-state index >= 15 is 0 Å². The predicted molar refractivity (Wildman–Crippen MR) is 185 cm³/mol. The minimum absolute atomic E-state index is 0.0377. The van der Waals surface area contributed by atoms with Gasteiger partial charge in [0, 0.05) is 31.3 Å². The van der Waals surface area contributed by atoms with Crippen molar-refractivity contribution in [3.8, 4) is 5.75 Å². The van der Waals surface area contributed by atoms with Gasteiger partial charge in [0.2, 0.25) is 0 Å². The molecule has 5 rings (SSSR count). The number of piperidine rings is 1. The number of nitrogens with one attached hydrogen (secondary N) is 1. The first kappa shape index (κ1) is 34.3. The summed E-state index contributed by atoms with van der Waals surface area (Å²) in [7, 11) is -3.53. The van der Waals surface area contributed by atoms with E-state index in [0.717, 1.165) is 41.0 Å². The number of carbonyl (C=O) groups is 1. The van der Waals surface area contributed by atoms with E-state index in [2.05, 4.69) is 29.4 Å². The average molecular weight is 662 g/mol. The molecule has 252 valence electrons. The van der Waals surface area contributed by atoms with E-state index in [9.17, 15) is 13.2 Å². The fourth-order valence-corrected chi connectivity index (χ4v) is 7.20. The first-order chi connectivity index (χ1) is 22.1. The van der Waals surface area contributed by atoms with Crippen molar-refractivity contribution in [2.45, 2.75) is 109 Å². The lowest BCUT2D eigenvalue weighted by Gasteiger charge is -2.34. The van der Waals surface area contributed by atoms with Gasteiger partial charge in [-0.3, -0.25) is 4.99 Å². The Bertz CT molecular complexity index is 1770. The molecule has 11 heteroatoms. The van der Waals surface area contributed by atoms with Gasteiger partial charge in [0.1, 0.15) is 23.0 Å². The van der Waals surface area contributed by atoms with Crippen molar-refractivity contribution >= 4 is 33.7 Å². The number of para-hydroxylation sites is 1. The summed E-state index contributed by atoms with van der Waals surface area (Å²) in [6, 6.07) is 11.2. The van der Waals surface area contributed by atoms with Crippen LogP contribution >= 0.6 is 0 Å². The third-order valence-corrected chi connectivity index (χ3v) is 10.6. The van der Waals surface area contributed by atoms with Gasteiger partial charge in [0.05, 0.1) is 39.7 Å². The first-order valence-corrected chi connectivity index (χ1v) is 17.9. The molecule has 0 atom stereocenters. The summed E-state index contributed by atoms with van der Waals surface area (Å²) in [4.78, 5) is 28.9. The summed E-state index contributed by atoms with van der Waals surface area (Å²) >= 11 is 0. The number of aryl methyl sites for hydroxylation is 1. The summed E-state index contributed by atoms with van der Waals surface area (Å²) < 4.78 is 38.2. The van der Waals surface area contributed by atoms with E-state index in [1.54, 1.807) is 49.2 Å². The number of likely N-dealkylation sites (tertiary alicyclic amines) is 1. The number of amides is 1. The first-order valence-electron chi connectivity index (χ1n) is 16.4. The number of ether oxygens (including phenoxy) is 2. The van der Waals surface area contributed by atoms with Crippen LogP contribution in [0.15, 0.2) is 46.3 Å². The fourth-order valence-electron chi connectivity index (χ4n) is 6.00. The Morgan fingerprint density at radius 2 is 1.77 bits per heavy atom. The lowest BCUT2D eigenvalue weighted by molar-refractivity contribution is 0.0204. The van der Waals surface area contributed by atoms with Gasteiger partial charge in [-0.15, -0.1) is 0 Å². The Kier molecular flexibility index (Phi) is 9.96. The van der Waals surface area contributed by atoms with Gasteiger partial charge >= 0.3 is 6.09 Å². The van der Waals surface area contributed by atoms with E-state index in [1.807, 2.05) is 34.6 Å². The molecule has 0 saturated carbocycles. The molecule has 1 fully saturated rings. The van der Waals surface area contributed by atoms with Gasteiger partial charge < -0.3 is 19.7 Å². The van der Waals surface area contributed by atoms with Gasteiger partial charge in [-0.1, -0.05) is 18.2 Å². The van der Waals surface area contributed by atoms with Crippen LogP contribution in [-0.4, -0.2) is 65.6 Å². The van der Waals surface area contributed by atoms with Crippen LogP contribution in [-0.2, 0) is 27.5 Å². The number of sulfone groups is 1. The average Bonchev–Trinajstić information content (AvgIpc) is 3.47. The molecule has 2 aliphatic rings. The van der Waals surface area contributed by atoms with Crippen molar-refractivity contribution < 1.29 is 22.7 Å². The zero-order valence-corrected chi connectivity index (χ0v) is 29.6. The number of aromatic nitrogens is 2. The van der Waals surface area contributed by atoms with Crippen LogP contribution in [0.5, 0.6) is 5.75 Å². The van der Waals surface area contributed by atoms with E-state index in [4.69, 9.17) is 19.4 Å². The van der Waals surface area contributed by atoms with E-state index in [0.29, 0.717) is 49.3 Å². The minimum atomic E-state index is -3.53. The zero-order valence-electron chi connectivity index (χ0n) is 28.8. The molecule has 0 aliphatic carbocycles. The predicted octanol–water partition coefficient (Wildman–Crippen LogP) is 7.14. The minimum Gasteiger partial charge on any atom is -0.491 e. The van der Waals surface area contributed by atoms with Crippen LogP contribution in [0.25, 0.3) is 0 Å². The second-order valence-corrected chi connectivity index (χ2v) is 16.4. The Balaban J connectivity index is 1.42. The molecular formula is C36H47N5O5S. The molecule has 2 aromatic carbocycles. The highest BCUT2D eigenvalue weighted by molar-refractivity contribution is 7.92. The SMILES string of the molecule is Cc1cc(Cc2nc3c(c(Nc4ccccc4S(=O)(=O)C(C)C)n2)C=NC3)c(OC(C)C)cc1C1CCN(C(=O)OC(C)(C)C)CC1. The number of aliphatic imine (C=N–C) groups is 1. The molecule has 0 radical (unpaired) electrons. The molecule has 0 unspecified atom stereocenters. The van der Waals surface area contributed by atoms with Crippen LogP contribution in [0, 0.1) is 6.92 Å². The normalized spacial score (nSPS) is 15.3. The second kappa shape index (κ2) is 13.6. The van der Waals surface area contributed by atoms with Gasteiger partial charge in [0.25, 0.3) is 0 Å². The molecular weight excluding hydrogens is 614 g/mol. The molecule has 0 bridgehead atoms. The van der Waals surface area contributed by atoms with E-state index < -0.39 is 20.7 Å². The third-order valence-electron chi connectivity index (χ3n) is 8.35. The molecule has 0 spiro atoms. The zero-order chi connectivity index (χ0) is 34.1. The highest BCUT2D eigenvalue weighted by atomic mass is 32.2. The number of hydrogen-bond acceptors (Lipinski definition) is 9. The molecule has 1 N–H and O–H groups in total. The maximum atomic E-state index is 13.1. The molecule has 2 aliphatic heterocycles. The summed E-state index contributed by atoms with van der Waals surface area (Å²) in [6.07, 6.45) is 3.56. The van der Waals surface area contributed by atoms with Crippen LogP contribution < -0.4 is 10.1 Å². The van der Waals surface area contributed by atoms with Crippen molar-refractivity contribution in [1.82, 2.24) is 14.9 Å². The van der Waals surface area contributed by atoms with E-state index in [1.165, 1.54) is 5.56 Å². The van der Waals surface area contributed by atoms with Crippen LogP contribution in [0.1, 0.15) is 101 Å². The molecule has 1 amide bonds. The number of benzene rings is 2. The number of anilines is 2. The number of fused-ring (bicyclic) bond motifs is 1. The molecule has 3 aromatic rings. The lowest BCUT2D eigenvalue weighted by Crippen LogP contribution is -2.41. The Labute approximate surface area is 278 Å². The number of nitrogens with zero attached hydrogens (tertiary/aromatic N) is 4. The van der Waals surface area contributed by atoms with Crippen molar-refractivity contribution in [1.29, 1.82) is 0 Å². The quantitative estimate of drug-likeness (QED) is 0.257. The van der Waals surface area contributed by atoms with Crippen LogP contribution in [0.2, 0.25) is 0 Å². The van der Waals surface area contributed by atoms with E-state index in [-0.39, 0.29) is 17.1 Å². The smallest absolute Gasteiger partial charge is 0.410 e. The van der Waals surface area contributed by atoms with Gasteiger partial charge in [-0.2, -0.15) is 0 Å². The highest BCUT2D eigenvalue weighted by Gasteiger charge is 2.29. The number of hydrogen-bond donors (Lipinski definition) is 1. The van der Waals surface area contributed by atoms with Crippen molar-refractivity contribution in [3.05, 3.63) is 70.2 Å². The largest absolute Gasteiger partial charge is 0.491 e. The Hall–Kier alpha value is -3.99. The third kappa shape index (κ3) is 7.94. The summed E-state index contributed by atoms with van der Waals surface area (Å²) in [5.74, 6) is 2.20. The van der Waals surface area contributed by atoms with Crippen molar-refractivity contribution in [2.75, 3.05) is 18.4 Å². The van der Waals surface area contributed by atoms with Crippen molar-refractivity contribution in [3.63, 3.8) is 0 Å². The maximum absolute atomic E-state index is 13.1. The number of carbonyl (C=O) groups excluding carboxylic acids is 1. The molecule has 3 heterocycles. The summed E-state index contributed by atoms with van der Waals surface area (Å²) in [5, 5.41) is 2.74. The Morgan fingerprint density at radius 1 is 1.06 bits per heavy atom. The molecule has 1 saturated heterocycles. The summed E-state index contributed by atoms with van der Waals surface area (Å²) in [6.45, 7) is 16.9. The number of rotatable bonds is 9. The maximum Gasteiger partial charge on any atom is 0.410 e. The van der Waals surface area contributed by atoms with Crippen molar-refractivity contribution in [2.24, 2.45) is 4.99 Å². The second-order valence-electron chi connectivity index (χ2n) is 13.9. The standard InChI is InChI=1S/C36H47N5O5S/c1-22(2)45-31-19-27(25-13-15-41(16-14-25)35(42)46-36(6,7)8)24(5)17-26(31)18-33-38-30-21-37-20-28(30)34(40-33)39-29-11-9-10-12-32(29)47(43,44)23(3)4/h9-12,17,19-20,22-23,25H,13-16,18,21H2,1-8H3,(H,38,39,40). The fraction of sp³-hybridized carbons (Fsp3) is 0.500. The topological polar surface area (TPSA) is 123 Å². The van der Waals surface area contributed by atoms with Gasteiger partial charge in [0.15, 0.2) is 9.84 Å². The van der Waals surface area contributed by atoms with Crippen LogP contribution in [0.3, 0.4) is 0 Å². The summed E-state index contributed by atoms with van der Waals surface area (Å²) in [5.41, 5.74) is 4.85.